The van der Waals surface area contributed by atoms with Crippen molar-refractivity contribution in [2.75, 3.05) is 4.90 Å². The number of hydrogen-bond acceptors (Lipinski definition) is 3. The largest absolute Gasteiger partial charge is 0.312 e. The minimum absolute atomic E-state index is 0.272. The van der Waals surface area contributed by atoms with Gasteiger partial charge < -0.3 is 4.90 Å². The fourth-order valence-corrected chi connectivity index (χ4v) is 10.2. The summed E-state index contributed by atoms with van der Waals surface area (Å²) in [4.78, 5) is 31.5. The van der Waals surface area contributed by atoms with Gasteiger partial charge in [-0.2, -0.15) is 0 Å². The molecule has 1 aliphatic heterocycles. The van der Waals surface area contributed by atoms with Crippen molar-refractivity contribution in [1.82, 2.24) is 4.98 Å². The van der Waals surface area contributed by atoms with E-state index in [0.717, 1.165) is 37.7 Å². The summed E-state index contributed by atoms with van der Waals surface area (Å²) in [5, 5.41) is 1.47. The molecule has 0 fully saturated rings. The molecule has 1 aromatic heterocycles. The fraction of sp³-hybridized carbons (Fsp3) is 0.519. The molecule has 172 valence electrons. The molecular formula is C27H38N2O2Si. The van der Waals surface area contributed by atoms with Crippen molar-refractivity contribution in [1.29, 1.82) is 0 Å². The number of hydrogen-bond donors (Lipinski definition) is 0. The van der Waals surface area contributed by atoms with Gasteiger partial charge in [0.05, 0.1) is 0 Å². The minimum atomic E-state index is -1.67. The first-order valence-corrected chi connectivity index (χ1v) is 14.8. The quantitative estimate of drug-likeness (QED) is 0.313. The van der Waals surface area contributed by atoms with Crippen molar-refractivity contribution >= 4 is 30.6 Å². The molecule has 2 aromatic rings. The van der Waals surface area contributed by atoms with Crippen LogP contribution in [0.1, 0.15) is 71.3 Å². The van der Waals surface area contributed by atoms with Gasteiger partial charge in [-0.15, -0.1) is 0 Å². The monoisotopic (exact) mass is 450 g/mol. The minimum Gasteiger partial charge on any atom is -0.312 e. The van der Waals surface area contributed by atoms with E-state index in [-0.39, 0.29) is 5.91 Å². The third-order valence-corrected chi connectivity index (χ3v) is 13.3. The van der Waals surface area contributed by atoms with E-state index in [1.54, 1.807) is 6.20 Å². The molecule has 1 unspecified atom stereocenters. The van der Waals surface area contributed by atoms with Crippen LogP contribution in [0.25, 0.3) is 0 Å². The van der Waals surface area contributed by atoms with Crippen LogP contribution in [0.15, 0.2) is 48.8 Å². The van der Waals surface area contributed by atoms with Crippen molar-refractivity contribution < 1.29 is 9.59 Å². The number of amides is 1. The maximum atomic E-state index is 13.2. The Labute approximate surface area is 194 Å². The van der Waals surface area contributed by atoms with Crippen LogP contribution >= 0.6 is 0 Å². The molecule has 2 heterocycles. The molecule has 32 heavy (non-hydrogen) atoms. The van der Waals surface area contributed by atoms with Gasteiger partial charge in [-0.05, 0) is 49.1 Å². The Balaban J connectivity index is 1.40. The molecule has 0 bridgehead atoms. The number of anilines is 1. The number of para-hydroxylation sites is 1. The summed E-state index contributed by atoms with van der Waals surface area (Å²) in [6.07, 6.45) is 10.1. The highest BCUT2D eigenvalue weighted by Crippen LogP contribution is 2.36. The fourth-order valence-electron chi connectivity index (χ4n) is 5.38. The van der Waals surface area contributed by atoms with Gasteiger partial charge in [0, 0.05) is 43.0 Å². The van der Waals surface area contributed by atoms with Crippen molar-refractivity contribution in [3.05, 3.63) is 54.4 Å². The smallest absolute Gasteiger partial charge is 0.226 e. The number of carbonyl (C=O) groups excluding carboxylic acids is 2. The van der Waals surface area contributed by atoms with E-state index in [0.29, 0.717) is 30.7 Å². The van der Waals surface area contributed by atoms with E-state index < -0.39 is 8.07 Å². The molecule has 0 spiro atoms. The molecule has 1 aromatic carbocycles. The second kappa shape index (κ2) is 11.6. The summed E-state index contributed by atoms with van der Waals surface area (Å²) in [7, 11) is -1.67. The maximum Gasteiger partial charge on any atom is 0.226 e. The molecule has 4 nitrogen and oxygen atoms in total. The zero-order valence-corrected chi connectivity index (χ0v) is 21.0. The van der Waals surface area contributed by atoms with Gasteiger partial charge >= 0.3 is 0 Å². The number of aromatic nitrogens is 1. The standard InChI is InChI=1S/C27H38N2O2Si/c1-4-32(5-2)22(3)29(25-15-10-11-16-26(25)32)27(31)17-9-7-6-8-14-24(30)19-18-23-13-12-20-28-21-23/h10-13,15-16,20-22H,4-9,14,17-19H2,1-3H3. The molecule has 0 saturated carbocycles. The van der Waals surface area contributed by atoms with Gasteiger partial charge in [0.15, 0.2) is 0 Å². The average Bonchev–Trinajstić information content (AvgIpc) is 3.08. The molecular weight excluding hydrogens is 412 g/mol. The predicted octanol–water partition coefficient (Wildman–Crippen LogP) is 5.59. The number of pyridine rings is 1. The molecule has 3 rings (SSSR count). The number of nitrogens with zero attached hydrogens (tertiary/aromatic N) is 2. The topological polar surface area (TPSA) is 50.3 Å². The number of unbranched alkanes of at least 4 members (excludes halogenated alkanes) is 3. The molecule has 0 radical (unpaired) electrons. The highest BCUT2D eigenvalue weighted by Gasteiger charge is 2.49. The van der Waals surface area contributed by atoms with Crippen LogP contribution in [0, 0.1) is 0 Å². The summed E-state index contributed by atoms with van der Waals surface area (Å²) in [5.41, 5.74) is 2.62. The highest BCUT2D eigenvalue weighted by molar-refractivity contribution is 6.96. The number of fused-ring (bicyclic) bond motifs is 1. The van der Waals surface area contributed by atoms with Crippen molar-refractivity contribution in [2.24, 2.45) is 0 Å². The second-order valence-electron chi connectivity index (χ2n) is 9.13. The summed E-state index contributed by atoms with van der Waals surface area (Å²) in [6.45, 7) is 6.87. The summed E-state index contributed by atoms with van der Waals surface area (Å²) in [6, 6.07) is 14.9. The normalized spacial score (nSPS) is 16.7. The zero-order valence-electron chi connectivity index (χ0n) is 20.0. The molecule has 1 amide bonds. The lowest BCUT2D eigenvalue weighted by Crippen LogP contribution is -2.55. The molecule has 1 atom stereocenters. The van der Waals surface area contributed by atoms with Crippen molar-refractivity contribution in [3.8, 4) is 0 Å². The number of rotatable bonds is 12. The van der Waals surface area contributed by atoms with E-state index in [2.05, 4.69) is 54.9 Å². The molecule has 0 aliphatic carbocycles. The second-order valence-corrected chi connectivity index (χ2v) is 14.2. The Morgan fingerprint density at radius 1 is 0.938 bits per heavy atom. The Kier molecular flexibility index (Phi) is 8.80. The molecule has 5 heteroatoms. The number of aryl methyl sites for hydroxylation is 1. The first-order chi connectivity index (χ1) is 15.5. The van der Waals surface area contributed by atoms with Gasteiger partial charge in [0.25, 0.3) is 0 Å². The predicted molar refractivity (Wildman–Crippen MR) is 135 cm³/mol. The highest BCUT2D eigenvalue weighted by atomic mass is 28.3. The van der Waals surface area contributed by atoms with E-state index in [1.807, 2.05) is 18.3 Å². The van der Waals surface area contributed by atoms with Gasteiger partial charge in [-0.3, -0.25) is 14.6 Å². The zero-order chi connectivity index (χ0) is 23.0. The van der Waals surface area contributed by atoms with E-state index in [4.69, 9.17) is 0 Å². The lowest BCUT2D eigenvalue weighted by atomic mass is 10.0. The number of benzene rings is 1. The van der Waals surface area contributed by atoms with Crippen LogP contribution < -0.4 is 10.1 Å². The molecule has 0 N–H and O–H groups in total. The Hall–Kier alpha value is -2.27. The first kappa shape index (κ1) is 24.4. The Morgan fingerprint density at radius 2 is 1.66 bits per heavy atom. The number of carbonyl (C=O) groups is 2. The van der Waals surface area contributed by atoms with Crippen molar-refractivity contribution in [3.63, 3.8) is 0 Å². The van der Waals surface area contributed by atoms with Crippen molar-refractivity contribution in [2.45, 2.75) is 89.9 Å². The average molecular weight is 451 g/mol. The van der Waals surface area contributed by atoms with Crippen LogP contribution in [0.5, 0.6) is 0 Å². The van der Waals surface area contributed by atoms with E-state index >= 15 is 0 Å². The lowest BCUT2D eigenvalue weighted by molar-refractivity contribution is -0.120. The van der Waals surface area contributed by atoms with Gasteiger partial charge in [0.2, 0.25) is 5.91 Å². The van der Waals surface area contributed by atoms with Gasteiger partial charge in [0.1, 0.15) is 13.9 Å². The SMILES string of the molecule is CC[Si]1(CC)c2ccccc2N(C(=O)CCCCCCC(=O)CCc2cccnc2)C1C. The maximum absolute atomic E-state index is 13.2. The Bertz CT molecular complexity index is 896. The third-order valence-electron chi connectivity index (χ3n) is 7.43. The molecule has 1 aliphatic rings. The summed E-state index contributed by atoms with van der Waals surface area (Å²) < 4.78 is 0. The van der Waals surface area contributed by atoms with Crippen LogP contribution in [-0.2, 0) is 16.0 Å². The third kappa shape index (κ3) is 5.37. The van der Waals surface area contributed by atoms with E-state index in [1.165, 1.54) is 23.0 Å². The summed E-state index contributed by atoms with van der Waals surface area (Å²) in [5.74, 6) is 0.599. The van der Waals surface area contributed by atoms with Gasteiger partial charge in [-0.1, -0.05) is 63.0 Å². The summed E-state index contributed by atoms with van der Waals surface area (Å²) >= 11 is 0. The lowest BCUT2D eigenvalue weighted by Gasteiger charge is -2.33. The van der Waals surface area contributed by atoms with E-state index in [9.17, 15) is 9.59 Å². The van der Waals surface area contributed by atoms with Gasteiger partial charge in [-0.25, -0.2) is 0 Å². The number of ketones is 1. The van der Waals surface area contributed by atoms with Crippen LogP contribution in [0.2, 0.25) is 12.1 Å². The number of Topliss-reactive ketones (excluding diaryl/α,β-unsaturated/α-hetero) is 1. The Morgan fingerprint density at radius 3 is 2.34 bits per heavy atom. The first-order valence-electron chi connectivity index (χ1n) is 12.4. The van der Waals surface area contributed by atoms with Crippen LogP contribution in [0.4, 0.5) is 5.69 Å². The van der Waals surface area contributed by atoms with Crippen LogP contribution in [-0.4, -0.2) is 30.4 Å². The van der Waals surface area contributed by atoms with Crippen LogP contribution in [0.3, 0.4) is 0 Å². The molecule has 0 saturated heterocycles.